The van der Waals surface area contributed by atoms with Crippen LogP contribution in [0.2, 0.25) is 0 Å². The van der Waals surface area contributed by atoms with Crippen LogP contribution in [0.3, 0.4) is 0 Å². The molecule has 0 bridgehead atoms. The maximum atomic E-state index is 12.6. The van der Waals surface area contributed by atoms with Gasteiger partial charge in [0.1, 0.15) is 0 Å². The first kappa shape index (κ1) is 20.7. The van der Waals surface area contributed by atoms with Crippen LogP contribution in [-0.4, -0.2) is 34.6 Å². The van der Waals surface area contributed by atoms with Crippen LogP contribution in [0, 0.1) is 0 Å². The average Bonchev–Trinajstić information content (AvgIpc) is 2.79. The monoisotopic (exact) mass is 580 g/mol. The van der Waals surface area contributed by atoms with Gasteiger partial charge in [0, 0.05) is 0 Å². The SMILES string of the molecule is C=Cc1ccc(C(=O)[O][Bi]([O]C(=O)c2ccc(C=C)cc2)[c]2ccccc2)cc1. The summed E-state index contributed by atoms with van der Waals surface area (Å²) in [5, 5.41) is 0. The molecule has 0 fully saturated rings. The van der Waals surface area contributed by atoms with Gasteiger partial charge in [-0.1, -0.05) is 0 Å². The van der Waals surface area contributed by atoms with Crippen molar-refractivity contribution in [2.75, 3.05) is 0 Å². The fraction of sp³-hybridized carbons (Fsp3) is 0. The molecule has 5 heteroatoms. The molecule has 0 aromatic heterocycles. The van der Waals surface area contributed by atoms with Crippen LogP contribution in [0.15, 0.2) is 92.0 Å². The molecule has 29 heavy (non-hydrogen) atoms. The predicted octanol–water partition coefficient (Wildman–Crippen LogP) is 4.38. The third-order valence-corrected chi connectivity index (χ3v) is 9.44. The van der Waals surface area contributed by atoms with E-state index in [4.69, 9.17) is 5.63 Å². The summed E-state index contributed by atoms with van der Waals surface area (Å²) in [6.07, 6.45) is 3.39. The zero-order valence-electron chi connectivity index (χ0n) is 15.7. The van der Waals surface area contributed by atoms with Crippen molar-refractivity contribution in [1.82, 2.24) is 0 Å². The second-order valence-corrected chi connectivity index (χ2v) is 11.4. The molecule has 3 aromatic carbocycles. The summed E-state index contributed by atoms with van der Waals surface area (Å²) < 4.78 is 12.2. The standard InChI is InChI=1S/2C9H8O2.C6H5.Bi/c2*1-2-7-3-5-8(6-4-7)9(10)11;1-2-4-6-5-3-1;/h2*2-6H,1H2,(H,10,11);1-5H;/q;;;+2/p-2. The third-order valence-electron chi connectivity index (χ3n) is 4.06. The zero-order chi connectivity index (χ0) is 20.6. The molecule has 144 valence electrons. The summed E-state index contributed by atoms with van der Waals surface area (Å²) in [7, 11) is 0. The van der Waals surface area contributed by atoms with E-state index in [9.17, 15) is 9.59 Å². The van der Waals surface area contributed by atoms with E-state index in [1.54, 1.807) is 60.7 Å². The Hall–Kier alpha value is -3.04. The summed E-state index contributed by atoms with van der Waals surface area (Å²) in [5.74, 6) is -1.01. The van der Waals surface area contributed by atoms with E-state index in [1.807, 2.05) is 30.3 Å². The number of carbonyl (C=O) groups is 2. The molecule has 0 N–H and O–H groups in total. The number of hydrogen-bond acceptors (Lipinski definition) is 4. The molecule has 0 unspecified atom stereocenters. The summed E-state index contributed by atoms with van der Waals surface area (Å²) in [6, 6.07) is 23.0. The molecule has 0 radical (unpaired) electrons. The van der Waals surface area contributed by atoms with Crippen molar-refractivity contribution in [3.63, 3.8) is 0 Å². The molecule has 0 saturated heterocycles. The van der Waals surface area contributed by atoms with Crippen LogP contribution in [0.4, 0.5) is 0 Å². The fourth-order valence-electron chi connectivity index (χ4n) is 2.44. The van der Waals surface area contributed by atoms with E-state index < -0.39 is 34.6 Å². The second kappa shape index (κ2) is 9.95. The third kappa shape index (κ3) is 5.49. The Kier molecular flexibility index (Phi) is 7.10. The molecule has 3 aromatic rings. The van der Waals surface area contributed by atoms with Gasteiger partial charge in [0.15, 0.2) is 0 Å². The van der Waals surface area contributed by atoms with Crippen molar-refractivity contribution in [2.45, 2.75) is 0 Å². The summed E-state index contributed by atoms with van der Waals surface area (Å²) in [5.41, 5.74) is 2.60. The normalized spacial score (nSPS) is 10.2. The topological polar surface area (TPSA) is 52.6 Å². The van der Waals surface area contributed by atoms with Gasteiger partial charge in [-0.3, -0.25) is 0 Å². The van der Waals surface area contributed by atoms with E-state index in [1.165, 1.54) is 0 Å². The molecule has 0 amide bonds. The van der Waals surface area contributed by atoms with Gasteiger partial charge in [-0.05, 0) is 0 Å². The van der Waals surface area contributed by atoms with E-state index in [0.717, 1.165) is 14.4 Å². The summed E-state index contributed by atoms with van der Waals surface area (Å²) >= 11 is -3.60. The van der Waals surface area contributed by atoms with Crippen molar-refractivity contribution in [2.24, 2.45) is 0 Å². The van der Waals surface area contributed by atoms with Gasteiger partial charge in [0.25, 0.3) is 0 Å². The fourth-order valence-corrected chi connectivity index (χ4v) is 7.01. The first-order chi connectivity index (χ1) is 14.1. The maximum absolute atomic E-state index is 12.6. The Bertz CT molecular complexity index is 944. The molecule has 3 rings (SSSR count). The van der Waals surface area contributed by atoms with Gasteiger partial charge >= 0.3 is 179 Å². The molecule has 4 nitrogen and oxygen atoms in total. The average molecular weight is 580 g/mol. The van der Waals surface area contributed by atoms with Gasteiger partial charge < -0.3 is 0 Å². The number of rotatable bonds is 7. The van der Waals surface area contributed by atoms with Crippen LogP contribution in [0.5, 0.6) is 0 Å². The van der Waals surface area contributed by atoms with Crippen molar-refractivity contribution in [3.8, 4) is 0 Å². The van der Waals surface area contributed by atoms with Gasteiger partial charge in [0.05, 0.1) is 0 Å². The Labute approximate surface area is 179 Å². The van der Waals surface area contributed by atoms with Crippen LogP contribution in [-0.2, 0) is 5.63 Å². The summed E-state index contributed by atoms with van der Waals surface area (Å²) in [6.45, 7) is 7.39. The zero-order valence-corrected chi connectivity index (χ0v) is 19.1. The van der Waals surface area contributed by atoms with Crippen LogP contribution >= 0.6 is 0 Å². The van der Waals surface area contributed by atoms with Crippen LogP contribution in [0.1, 0.15) is 31.8 Å². The number of benzene rings is 3. The van der Waals surface area contributed by atoms with E-state index >= 15 is 0 Å². The minimum absolute atomic E-state index is 0.401. The molecule has 0 aliphatic carbocycles. The predicted molar refractivity (Wildman–Crippen MR) is 116 cm³/mol. The molecule has 0 spiro atoms. The van der Waals surface area contributed by atoms with Crippen LogP contribution in [0.25, 0.3) is 12.2 Å². The van der Waals surface area contributed by atoms with Gasteiger partial charge in [-0.25, -0.2) is 0 Å². The van der Waals surface area contributed by atoms with Crippen LogP contribution < -0.4 is 3.27 Å². The molecular weight excluding hydrogens is 561 g/mol. The van der Waals surface area contributed by atoms with Gasteiger partial charge in [0.2, 0.25) is 0 Å². The quantitative estimate of drug-likeness (QED) is 0.390. The molecule has 0 aliphatic heterocycles. The first-order valence-electron chi connectivity index (χ1n) is 8.85. The minimum atomic E-state index is -3.60. The van der Waals surface area contributed by atoms with E-state index in [-0.39, 0.29) is 0 Å². The number of hydrogen-bond donors (Lipinski definition) is 0. The number of carbonyl (C=O) groups excluding carboxylic acids is 2. The summed E-state index contributed by atoms with van der Waals surface area (Å²) in [4.78, 5) is 25.3. The Morgan fingerprint density at radius 2 is 1.07 bits per heavy atom. The van der Waals surface area contributed by atoms with Crippen molar-refractivity contribution in [3.05, 3.63) is 114 Å². The molecule has 0 saturated carbocycles. The van der Waals surface area contributed by atoms with Gasteiger partial charge in [-0.15, -0.1) is 0 Å². The second-order valence-electron chi connectivity index (χ2n) is 6.00. The van der Waals surface area contributed by atoms with Crippen molar-refractivity contribution in [1.29, 1.82) is 0 Å². The molecule has 0 atom stereocenters. The van der Waals surface area contributed by atoms with E-state index in [2.05, 4.69) is 13.2 Å². The van der Waals surface area contributed by atoms with Gasteiger partial charge in [-0.2, -0.15) is 0 Å². The Balaban J connectivity index is 1.80. The Morgan fingerprint density at radius 1 is 0.655 bits per heavy atom. The Morgan fingerprint density at radius 3 is 1.45 bits per heavy atom. The first-order valence-corrected chi connectivity index (χ1v) is 13.4. The van der Waals surface area contributed by atoms with Crippen molar-refractivity contribution >= 4 is 50.0 Å². The van der Waals surface area contributed by atoms with E-state index in [0.29, 0.717) is 11.1 Å². The van der Waals surface area contributed by atoms with Crippen molar-refractivity contribution < 1.29 is 15.2 Å². The molecular formula is C24H19BiO4. The molecule has 0 aliphatic rings. The molecule has 0 heterocycles.